The SMILES string of the molecule is FC(F)(F)c1ccc(CNN2CCOC(C(F)(F)F)C2)nc1. The highest BCUT2D eigenvalue weighted by atomic mass is 19.4. The molecule has 0 spiro atoms. The molecule has 124 valence electrons. The smallest absolute Gasteiger partial charge is 0.366 e. The van der Waals surface area contributed by atoms with Gasteiger partial charge in [-0.05, 0) is 12.1 Å². The molecule has 0 bridgehead atoms. The number of hydrazine groups is 1. The van der Waals surface area contributed by atoms with Crippen molar-refractivity contribution in [3.63, 3.8) is 0 Å². The lowest BCUT2D eigenvalue weighted by Gasteiger charge is -2.33. The van der Waals surface area contributed by atoms with E-state index in [1.165, 1.54) is 11.1 Å². The first-order valence-electron chi connectivity index (χ1n) is 6.35. The topological polar surface area (TPSA) is 37.4 Å². The van der Waals surface area contributed by atoms with E-state index < -0.39 is 24.0 Å². The van der Waals surface area contributed by atoms with E-state index in [9.17, 15) is 26.3 Å². The summed E-state index contributed by atoms with van der Waals surface area (Å²) in [6.07, 6.45) is -10.1. The highest BCUT2D eigenvalue weighted by Gasteiger charge is 2.43. The molecule has 1 N–H and O–H groups in total. The Morgan fingerprint density at radius 3 is 2.50 bits per heavy atom. The Morgan fingerprint density at radius 2 is 1.95 bits per heavy atom. The molecule has 22 heavy (non-hydrogen) atoms. The first-order valence-corrected chi connectivity index (χ1v) is 6.35. The minimum Gasteiger partial charge on any atom is -0.366 e. The van der Waals surface area contributed by atoms with Crippen molar-refractivity contribution in [3.8, 4) is 0 Å². The van der Waals surface area contributed by atoms with Crippen molar-refractivity contribution in [2.75, 3.05) is 19.7 Å². The van der Waals surface area contributed by atoms with Crippen molar-refractivity contribution in [2.45, 2.75) is 25.0 Å². The van der Waals surface area contributed by atoms with Crippen LogP contribution in [0.2, 0.25) is 0 Å². The van der Waals surface area contributed by atoms with Gasteiger partial charge in [0.05, 0.1) is 24.4 Å². The number of nitrogens with zero attached hydrogens (tertiary/aromatic N) is 2. The third kappa shape index (κ3) is 4.55. The number of nitrogens with one attached hydrogen (secondary N) is 1. The van der Waals surface area contributed by atoms with E-state index in [0.29, 0.717) is 11.9 Å². The molecule has 1 aromatic rings. The zero-order valence-electron chi connectivity index (χ0n) is 11.2. The van der Waals surface area contributed by atoms with Gasteiger partial charge in [-0.2, -0.15) is 26.3 Å². The van der Waals surface area contributed by atoms with Gasteiger partial charge in [0.25, 0.3) is 0 Å². The Morgan fingerprint density at radius 1 is 1.23 bits per heavy atom. The van der Waals surface area contributed by atoms with Gasteiger partial charge in [-0.3, -0.25) is 4.98 Å². The van der Waals surface area contributed by atoms with E-state index in [1.54, 1.807) is 0 Å². The molecule has 1 aliphatic heterocycles. The van der Waals surface area contributed by atoms with E-state index in [2.05, 4.69) is 15.1 Å². The number of halogens is 6. The minimum absolute atomic E-state index is 0.0305. The predicted molar refractivity (Wildman–Crippen MR) is 63.4 cm³/mol. The largest absolute Gasteiger partial charge is 0.417 e. The number of pyridine rings is 1. The van der Waals surface area contributed by atoms with Crippen molar-refractivity contribution >= 4 is 0 Å². The monoisotopic (exact) mass is 329 g/mol. The summed E-state index contributed by atoms with van der Waals surface area (Å²) in [5.41, 5.74) is 2.13. The highest BCUT2D eigenvalue weighted by molar-refractivity contribution is 5.16. The third-order valence-electron chi connectivity index (χ3n) is 3.07. The zero-order valence-corrected chi connectivity index (χ0v) is 11.2. The van der Waals surface area contributed by atoms with Crippen LogP contribution in [-0.4, -0.2) is 42.0 Å². The summed E-state index contributed by atoms with van der Waals surface area (Å²) in [5.74, 6) is 0. The van der Waals surface area contributed by atoms with Gasteiger partial charge >= 0.3 is 12.4 Å². The van der Waals surface area contributed by atoms with Gasteiger partial charge in [-0.15, -0.1) is 0 Å². The molecular weight excluding hydrogens is 316 g/mol. The third-order valence-corrected chi connectivity index (χ3v) is 3.07. The summed E-state index contributed by atoms with van der Waals surface area (Å²) in [6.45, 7) is -0.197. The van der Waals surface area contributed by atoms with Crippen molar-refractivity contribution in [3.05, 3.63) is 29.6 Å². The van der Waals surface area contributed by atoms with Crippen LogP contribution in [-0.2, 0) is 17.5 Å². The summed E-state index contributed by atoms with van der Waals surface area (Å²) in [7, 11) is 0. The molecule has 2 rings (SSSR count). The first-order chi connectivity index (χ1) is 10.2. The number of aromatic nitrogens is 1. The van der Waals surface area contributed by atoms with Crippen LogP contribution in [0.5, 0.6) is 0 Å². The lowest BCUT2D eigenvalue weighted by molar-refractivity contribution is -0.240. The molecule has 0 aliphatic carbocycles. The fourth-order valence-corrected chi connectivity index (χ4v) is 1.88. The number of ether oxygens (including phenoxy) is 1. The van der Waals surface area contributed by atoms with Crippen molar-refractivity contribution in [1.29, 1.82) is 0 Å². The van der Waals surface area contributed by atoms with Gasteiger partial charge in [-0.1, -0.05) is 0 Å². The van der Waals surface area contributed by atoms with Crippen LogP contribution >= 0.6 is 0 Å². The average molecular weight is 329 g/mol. The van der Waals surface area contributed by atoms with Crippen LogP contribution in [0.15, 0.2) is 18.3 Å². The Kier molecular flexibility index (Phi) is 4.93. The number of hydrogen-bond acceptors (Lipinski definition) is 4. The number of hydrogen-bond donors (Lipinski definition) is 1. The standard InChI is InChI=1S/C12H13F6N3O/c13-11(14,15)8-1-2-9(19-5-8)6-20-21-3-4-22-10(7-21)12(16,17)18/h1-2,5,10,20H,3-4,6-7H2. The first kappa shape index (κ1) is 17.0. The summed E-state index contributed by atoms with van der Waals surface area (Å²) in [4.78, 5) is 3.63. The Labute approximate surface area is 122 Å². The Bertz CT molecular complexity index is 487. The van der Waals surface area contributed by atoms with Gasteiger partial charge in [-0.25, -0.2) is 10.4 Å². The van der Waals surface area contributed by atoms with Crippen LogP contribution in [0.1, 0.15) is 11.3 Å². The number of morpholine rings is 1. The summed E-state index contributed by atoms with van der Waals surface area (Å²) in [6, 6.07) is 2.05. The normalized spacial score (nSPS) is 21.1. The fraction of sp³-hybridized carbons (Fsp3) is 0.583. The van der Waals surface area contributed by atoms with Crippen LogP contribution in [0.4, 0.5) is 26.3 Å². The van der Waals surface area contributed by atoms with Crippen LogP contribution in [0.25, 0.3) is 0 Å². The second kappa shape index (κ2) is 6.39. The molecule has 10 heteroatoms. The highest BCUT2D eigenvalue weighted by Crippen LogP contribution is 2.28. The van der Waals surface area contributed by atoms with Gasteiger partial charge in [0.15, 0.2) is 6.10 Å². The molecule has 4 nitrogen and oxygen atoms in total. The van der Waals surface area contributed by atoms with Gasteiger partial charge in [0.1, 0.15) is 0 Å². The maximum atomic E-state index is 12.5. The van der Waals surface area contributed by atoms with Crippen LogP contribution in [0.3, 0.4) is 0 Å². The molecule has 2 heterocycles. The maximum absolute atomic E-state index is 12.5. The molecule has 1 aliphatic rings. The van der Waals surface area contributed by atoms with E-state index in [1.807, 2.05) is 0 Å². The van der Waals surface area contributed by atoms with E-state index in [0.717, 1.165) is 6.07 Å². The predicted octanol–water partition coefficient (Wildman–Crippen LogP) is 2.37. The molecule has 0 aromatic carbocycles. The maximum Gasteiger partial charge on any atom is 0.417 e. The molecule has 1 aromatic heterocycles. The Balaban J connectivity index is 1.87. The summed E-state index contributed by atoms with van der Waals surface area (Å²) in [5, 5.41) is 1.32. The van der Waals surface area contributed by atoms with Crippen molar-refractivity contribution < 1.29 is 31.1 Å². The van der Waals surface area contributed by atoms with Gasteiger partial charge in [0, 0.05) is 19.3 Å². The van der Waals surface area contributed by atoms with E-state index in [4.69, 9.17) is 0 Å². The van der Waals surface area contributed by atoms with E-state index >= 15 is 0 Å². The quantitative estimate of drug-likeness (QED) is 0.864. The Hall–Kier alpha value is -1.39. The van der Waals surface area contributed by atoms with Gasteiger partial charge in [0.2, 0.25) is 0 Å². The molecule has 1 fully saturated rings. The van der Waals surface area contributed by atoms with Crippen molar-refractivity contribution in [1.82, 2.24) is 15.4 Å². The van der Waals surface area contributed by atoms with E-state index in [-0.39, 0.29) is 26.2 Å². The molecule has 0 radical (unpaired) electrons. The van der Waals surface area contributed by atoms with Crippen molar-refractivity contribution in [2.24, 2.45) is 0 Å². The molecule has 1 saturated heterocycles. The van der Waals surface area contributed by atoms with Crippen LogP contribution in [0, 0.1) is 0 Å². The minimum atomic E-state index is -4.47. The number of rotatable bonds is 3. The molecule has 1 unspecified atom stereocenters. The molecular formula is C12H13F6N3O. The molecule has 0 saturated carbocycles. The molecule has 0 amide bonds. The average Bonchev–Trinajstić information content (AvgIpc) is 2.44. The lowest BCUT2D eigenvalue weighted by atomic mass is 10.2. The fourth-order valence-electron chi connectivity index (χ4n) is 1.88. The summed E-state index contributed by atoms with van der Waals surface area (Å²) < 4.78 is 79.3. The number of alkyl halides is 6. The summed E-state index contributed by atoms with van der Waals surface area (Å²) >= 11 is 0. The second-order valence-electron chi connectivity index (χ2n) is 4.72. The van der Waals surface area contributed by atoms with Gasteiger partial charge < -0.3 is 4.74 Å². The zero-order chi connectivity index (χ0) is 16.4. The van der Waals surface area contributed by atoms with Crippen LogP contribution < -0.4 is 5.43 Å². The second-order valence-corrected chi connectivity index (χ2v) is 4.72. The molecule has 1 atom stereocenters. The lowest BCUT2D eigenvalue weighted by Crippen LogP contribution is -2.53.